The summed E-state index contributed by atoms with van der Waals surface area (Å²) < 4.78 is 0. The summed E-state index contributed by atoms with van der Waals surface area (Å²) in [5.74, 6) is 0.413. The molecular formula is C18H24N2O. The number of benzene rings is 1. The maximum absolute atomic E-state index is 13.3. The van der Waals surface area contributed by atoms with Crippen LogP contribution in [0.1, 0.15) is 49.3 Å². The fourth-order valence-electron chi connectivity index (χ4n) is 4.62. The topological polar surface area (TPSA) is 32.3 Å². The van der Waals surface area contributed by atoms with Crippen molar-refractivity contribution in [3.05, 3.63) is 35.4 Å². The molecule has 0 saturated carbocycles. The molecule has 0 spiro atoms. The zero-order valence-corrected chi connectivity index (χ0v) is 12.6. The molecule has 1 N–H and O–H groups in total. The van der Waals surface area contributed by atoms with Crippen molar-refractivity contribution in [3.8, 4) is 0 Å². The van der Waals surface area contributed by atoms with Gasteiger partial charge >= 0.3 is 0 Å². The number of fused-ring (bicyclic) bond motifs is 3. The molecule has 2 atom stereocenters. The van der Waals surface area contributed by atoms with E-state index in [0.717, 1.165) is 38.9 Å². The first-order valence-corrected chi connectivity index (χ1v) is 8.42. The largest absolute Gasteiger partial charge is 0.342 e. The summed E-state index contributed by atoms with van der Waals surface area (Å²) in [4.78, 5) is 15.5. The average Bonchev–Trinajstić information content (AvgIpc) is 2.90. The molecule has 21 heavy (non-hydrogen) atoms. The third-order valence-corrected chi connectivity index (χ3v) is 5.64. The van der Waals surface area contributed by atoms with Gasteiger partial charge in [0, 0.05) is 19.1 Å². The van der Waals surface area contributed by atoms with Crippen LogP contribution in [0.4, 0.5) is 0 Å². The van der Waals surface area contributed by atoms with Gasteiger partial charge < -0.3 is 10.2 Å². The Bertz CT molecular complexity index is 550. The number of hydrogen-bond acceptors (Lipinski definition) is 2. The summed E-state index contributed by atoms with van der Waals surface area (Å²) in [5.41, 5.74) is 2.53. The van der Waals surface area contributed by atoms with Crippen molar-refractivity contribution in [2.45, 2.75) is 44.6 Å². The minimum absolute atomic E-state index is 0.209. The Morgan fingerprint density at radius 3 is 2.81 bits per heavy atom. The van der Waals surface area contributed by atoms with Gasteiger partial charge in [-0.3, -0.25) is 4.79 Å². The first-order valence-electron chi connectivity index (χ1n) is 8.42. The van der Waals surface area contributed by atoms with E-state index in [2.05, 4.69) is 34.5 Å². The summed E-state index contributed by atoms with van der Waals surface area (Å²) in [7, 11) is 0. The number of nitrogens with one attached hydrogen (secondary N) is 1. The average molecular weight is 284 g/mol. The van der Waals surface area contributed by atoms with E-state index >= 15 is 0 Å². The molecule has 0 bridgehead atoms. The predicted molar refractivity (Wildman–Crippen MR) is 83.0 cm³/mol. The lowest BCUT2D eigenvalue weighted by Gasteiger charge is -2.43. The third kappa shape index (κ3) is 2.02. The van der Waals surface area contributed by atoms with Crippen molar-refractivity contribution in [1.82, 2.24) is 10.2 Å². The zero-order valence-electron chi connectivity index (χ0n) is 12.6. The summed E-state index contributed by atoms with van der Waals surface area (Å²) in [6.45, 7) is 2.96. The van der Waals surface area contributed by atoms with Crippen LogP contribution in [0.2, 0.25) is 0 Å². The molecule has 2 aliphatic heterocycles. The number of likely N-dealkylation sites (tertiary alicyclic amines) is 1. The van der Waals surface area contributed by atoms with Crippen LogP contribution in [0, 0.1) is 5.41 Å². The van der Waals surface area contributed by atoms with Crippen LogP contribution in [0.5, 0.6) is 0 Å². The van der Waals surface area contributed by atoms with E-state index in [9.17, 15) is 4.79 Å². The van der Waals surface area contributed by atoms with Gasteiger partial charge in [0.15, 0.2) is 0 Å². The highest BCUT2D eigenvalue weighted by atomic mass is 16.2. The van der Waals surface area contributed by atoms with Crippen molar-refractivity contribution in [2.75, 3.05) is 19.6 Å². The molecule has 1 aromatic rings. The molecule has 1 amide bonds. The molecule has 2 heterocycles. The van der Waals surface area contributed by atoms with Crippen LogP contribution in [0.25, 0.3) is 0 Å². The van der Waals surface area contributed by atoms with Gasteiger partial charge in [0.25, 0.3) is 0 Å². The second-order valence-corrected chi connectivity index (χ2v) is 6.88. The van der Waals surface area contributed by atoms with Crippen LogP contribution in [-0.4, -0.2) is 30.4 Å². The molecule has 112 valence electrons. The van der Waals surface area contributed by atoms with E-state index in [1.165, 1.54) is 30.4 Å². The Morgan fingerprint density at radius 1 is 1.14 bits per heavy atom. The summed E-state index contributed by atoms with van der Waals surface area (Å²) in [6, 6.07) is 8.87. The minimum Gasteiger partial charge on any atom is -0.342 e. The third-order valence-electron chi connectivity index (χ3n) is 5.64. The van der Waals surface area contributed by atoms with Crippen LogP contribution < -0.4 is 5.32 Å². The molecule has 3 nitrogen and oxygen atoms in total. The van der Waals surface area contributed by atoms with E-state index in [4.69, 9.17) is 0 Å². The van der Waals surface area contributed by atoms with Gasteiger partial charge in [-0.05, 0) is 56.2 Å². The SMILES string of the molecule is O=C(N1CCCCC1)[C@]12CCCN[C@H]1c1ccccc1C2. The van der Waals surface area contributed by atoms with E-state index in [0.29, 0.717) is 5.91 Å². The second-order valence-electron chi connectivity index (χ2n) is 6.88. The lowest BCUT2D eigenvalue weighted by Crippen LogP contribution is -2.53. The quantitative estimate of drug-likeness (QED) is 0.860. The maximum Gasteiger partial charge on any atom is 0.231 e. The number of piperidine rings is 2. The van der Waals surface area contributed by atoms with Gasteiger partial charge in [-0.25, -0.2) is 0 Å². The van der Waals surface area contributed by atoms with E-state index in [1.54, 1.807) is 0 Å². The van der Waals surface area contributed by atoms with Gasteiger partial charge in [-0.2, -0.15) is 0 Å². The van der Waals surface area contributed by atoms with Crippen molar-refractivity contribution in [2.24, 2.45) is 5.41 Å². The Hall–Kier alpha value is -1.35. The second kappa shape index (κ2) is 5.13. The van der Waals surface area contributed by atoms with E-state index in [-0.39, 0.29) is 11.5 Å². The van der Waals surface area contributed by atoms with Crippen LogP contribution in [0.15, 0.2) is 24.3 Å². The number of hydrogen-bond donors (Lipinski definition) is 1. The molecule has 1 aliphatic carbocycles. The number of carbonyl (C=O) groups excluding carboxylic acids is 1. The molecule has 1 aromatic carbocycles. The van der Waals surface area contributed by atoms with Gasteiger partial charge in [-0.1, -0.05) is 24.3 Å². The number of carbonyl (C=O) groups is 1. The normalized spacial score (nSPS) is 31.6. The molecule has 4 rings (SSSR count). The smallest absolute Gasteiger partial charge is 0.231 e. The fourth-order valence-corrected chi connectivity index (χ4v) is 4.62. The Kier molecular flexibility index (Phi) is 3.26. The van der Waals surface area contributed by atoms with E-state index < -0.39 is 0 Å². The van der Waals surface area contributed by atoms with Crippen LogP contribution in [-0.2, 0) is 11.2 Å². The highest BCUT2D eigenvalue weighted by Gasteiger charge is 2.53. The van der Waals surface area contributed by atoms with Crippen LogP contribution in [0.3, 0.4) is 0 Å². The van der Waals surface area contributed by atoms with Crippen LogP contribution >= 0.6 is 0 Å². The number of amides is 1. The Labute approximate surface area is 126 Å². The Balaban J connectivity index is 1.69. The predicted octanol–water partition coefficient (Wildman–Crippen LogP) is 2.67. The number of rotatable bonds is 1. The molecule has 2 fully saturated rings. The molecular weight excluding hydrogens is 260 g/mol. The van der Waals surface area contributed by atoms with Gasteiger partial charge in [-0.15, -0.1) is 0 Å². The van der Waals surface area contributed by atoms with Gasteiger partial charge in [0.2, 0.25) is 5.91 Å². The molecule has 3 heteroatoms. The first kappa shape index (κ1) is 13.3. The van der Waals surface area contributed by atoms with Crippen molar-refractivity contribution in [3.63, 3.8) is 0 Å². The molecule has 2 saturated heterocycles. The van der Waals surface area contributed by atoms with Gasteiger partial charge in [0.1, 0.15) is 0 Å². The molecule has 0 unspecified atom stereocenters. The minimum atomic E-state index is -0.209. The maximum atomic E-state index is 13.3. The number of nitrogens with zero attached hydrogens (tertiary/aromatic N) is 1. The lowest BCUT2D eigenvalue weighted by atomic mass is 9.73. The standard InChI is InChI=1S/C18H24N2O/c21-17(20-11-4-1-5-12-20)18-9-6-10-19-16(18)15-8-3-2-7-14(15)13-18/h2-3,7-8,16,19H,1,4-6,9-13H2/t16-,18-/m0/s1. The first-order chi connectivity index (χ1) is 10.3. The van der Waals surface area contributed by atoms with Crippen molar-refractivity contribution in [1.29, 1.82) is 0 Å². The summed E-state index contributed by atoms with van der Waals surface area (Å²) >= 11 is 0. The lowest BCUT2D eigenvalue weighted by molar-refractivity contribution is -0.146. The fraction of sp³-hybridized carbons (Fsp3) is 0.611. The van der Waals surface area contributed by atoms with Crippen molar-refractivity contribution >= 4 is 5.91 Å². The summed E-state index contributed by atoms with van der Waals surface area (Å²) in [6.07, 6.45) is 6.70. The Morgan fingerprint density at radius 2 is 1.95 bits per heavy atom. The highest BCUT2D eigenvalue weighted by Crippen LogP contribution is 2.51. The van der Waals surface area contributed by atoms with Crippen molar-refractivity contribution < 1.29 is 4.79 Å². The van der Waals surface area contributed by atoms with E-state index in [1.807, 2.05) is 0 Å². The molecule has 0 radical (unpaired) electrons. The zero-order chi connectivity index (χ0) is 14.3. The highest BCUT2D eigenvalue weighted by molar-refractivity contribution is 5.85. The molecule has 3 aliphatic rings. The molecule has 0 aromatic heterocycles. The van der Waals surface area contributed by atoms with Gasteiger partial charge in [0.05, 0.1) is 5.41 Å². The monoisotopic (exact) mass is 284 g/mol. The summed E-state index contributed by atoms with van der Waals surface area (Å²) in [5, 5.41) is 3.65.